The number of rotatable bonds is 10. The number of fused-ring (bicyclic) bond motifs is 1. The number of carbonyl (C=O) groups is 3. The fourth-order valence-corrected chi connectivity index (χ4v) is 3.10. The van der Waals surface area contributed by atoms with E-state index >= 15 is 0 Å². The quantitative estimate of drug-likeness (QED) is 0.204. The Morgan fingerprint density at radius 1 is 1.23 bits per heavy atom. The number of carboxylic acids is 1. The highest BCUT2D eigenvalue weighted by molar-refractivity contribution is 5.87. The van der Waals surface area contributed by atoms with Crippen LogP contribution in [-0.2, 0) is 20.8 Å². The third kappa shape index (κ3) is 6.54. The zero-order valence-electron chi connectivity index (χ0n) is 17.6. The van der Waals surface area contributed by atoms with Gasteiger partial charge in [0.1, 0.15) is 11.6 Å². The molecule has 0 fully saturated rings. The third-order valence-electron chi connectivity index (χ3n) is 4.92. The van der Waals surface area contributed by atoms with Crippen molar-refractivity contribution >= 4 is 34.4 Å². The minimum atomic E-state index is -1.14. The third-order valence-corrected chi connectivity index (χ3v) is 4.92. The summed E-state index contributed by atoms with van der Waals surface area (Å²) in [6.07, 6.45) is 1.06. The van der Waals surface area contributed by atoms with Crippen LogP contribution in [0.5, 0.6) is 0 Å². The van der Waals surface area contributed by atoms with E-state index in [9.17, 15) is 24.3 Å². The predicted molar refractivity (Wildman–Crippen MR) is 115 cm³/mol. The zero-order chi connectivity index (χ0) is 23.1. The summed E-state index contributed by atoms with van der Waals surface area (Å²) in [5, 5.41) is 15.0. The van der Waals surface area contributed by atoms with E-state index in [0.29, 0.717) is 41.6 Å². The minimum absolute atomic E-state index is 0.128. The number of unbranched alkanes of at least 4 members (excludes halogenated alkanes) is 1. The molecule has 1 aromatic heterocycles. The van der Waals surface area contributed by atoms with Crippen LogP contribution in [0, 0.1) is 6.92 Å². The summed E-state index contributed by atoms with van der Waals surface area (Å²) in [5.41, 5.74) is 12.3. The number of hydrogen-bond acceptors (Lipinski definition) is 7. The maximum Gasteiger partial charge on any atom is 0.340 e. The molecule has 0 bridgehead atoms. The topological polar surface area (TPSA) is 178 Å². The second-order valence-corrected chi connectivity index (χ2v) is 7.46. The molecule has 0 radical (unpaired) electrons. The number of nitrogens with two attached hydrogens (primary N) is 2. The molecular formula is C21H28N4O6. The Bertz CT molecular complexity index is 1030. The number of aliphatic carboxylic acids is 1. The van der Waals surface area contributed by atoms with Crippen LogP contribution in [0.2, 0.25) is 0 Å². The van der Waals surface area contributed by atoms with Crippen molar-refractivity contribution < 1.29 is 23.9 Å². The maximum atomic E-state index is 12.3. The highest BCUT2D eigenvalue weighted by Crippen LogP contribution is 2.21. The molecule has 0 spiro atoms. The average molecular weight is 432 g/mol. The van der Waals surface area contributed by atoms with E-state index in [0.717, 1.165) is 0 Å². The number of carboxylic acid groups (broad SMARTS) is 1. The predicted octanol–water partition coefficient (Wildman–Crippen LogP) is 0.429. The van der Waals surface area contributed by atoms with Crippen molar-refractivity contribution in [3.63, 3.8) is 0 Å². The number of nitrogens with one attached hydrogen (secondary N) is 2. The van der Waals surface area contributed by atoms with Crippen molar-refractivity contribution in [1.82, 2.24) is 10.6 Å². The van der Waals surface area contributed by atoms with Crippen LogP contribution in [-0.4, -0.2) is 41.5 Å². The van der Waals surface area contributed by atoms with Gasteiger partial charge in [-0.1, -0.05) is 0 Å². The van der Waals surface area contributed by atoms with Crippen molar-refractivity contribution in [2.24, 2.45) is 5.73 Å². The summed E-state index contributed by atoms with van der Waals surface area (Å²) >= 11 is 0. The largest absolute Gasteiger partial charge is 0.480 e. The van der Waals surface area contributed by atoms with Crippen molar-refractivity contribution in [1.29, 1.82) is 0 Å². The highest BCUT2D eigenvalue weighted by Gasteiger charge is 2.21. The van der Waals surface area contributed by atoms with Gasteiger partial charge in [-0.3, -0.25) is 9.59 Å². The lowest BCUT2D eigenvalue weighted by Gasteiger charge is -2.16. The van der Waals surface area contributed by atoms with E-state index in [-0.39, 0.29) is 24.3 Å². The van der Waals surface area contributed by atoms with Gasteiger partial charge in [0, 0.05) is 23.7 Å². The van der Waals surface area contributed by atoms with Crippen LogP contribution in [0.15, 0.2) is 27.4 Å². The summed E-state index contributed by atoms with van der Waals surface area (Å²) in [5.74, 6) is -2.02. The number of hydrogen-bond donors (Lipinski definition) is 5. The summed E-state index contributed by atoms with van der Waals surface area (Å²) in [7, 11) is 0. The normalized spacial score (nSPS) is 12.9. The van der Waals surface area contributed by atoms with Crippen LogP contribution >= 0.6 is 0 Å². The van der Waals surface area contributed by atoms with E-state index < -0.39 is 29.6 Å². The molecule has 1 heterocycles. The molecule has 2 amide bonds. The van der Waals surface area contributed by atoms with Crippen molar-refractivity contribution in [3.05, 3.63) is 39.7 Å². The van der Waals surface area contributed by atoms with Crippen molar-refractivity contribution in [2.75, 3.05) is 12.3 Å². The zero-order valence-corrected chi connectivity index (χ0v) is 17.6. The first-order valence-electron chi connectivity index (χ1n) is 9.97. The molecule has 0 aliphatic carbocycles. The molecular weight excluding hydrogens is 404 g/mol. The van der Waals surface area contributed by atoms with Crippen molar-refractivity contribution in [3.8, 4) is 0 Å². The Morgan fingerprint density at radius 2 is 1.94 bits per heavy atom. The lowest BCUT2D eigenvalue weighted by atomic mass is 10.0. The molecule has 31 heavy (non-hydrogen) atoms. The van der Waals surface area contributed by atoms with Gasteiger partial charge in [0.25, 0.3) is 0 Å². The number of benzene rings is 1. The number of nitrogen functional groups attached to an aromatic ring is 1. The second kappa shape index (κ2) is 10.6. The van der Waals surface area contributed by atoms with Gasteiger partial charge in [-0.25, -0.2) is 9.59 Å². The average Bonchev–Trinajstić information content (AvgIpc) is 2.69. The first-order valence-corrected chi connectivity index (χ1v) is 9.97. The molecule has 2 rings (SSSR count). The summed E-state index contributed by atoms with van der Waals surface area (Å²) < 4.78 is 5.28. The molecule has 10 nitrogen and oxygen atoms in total. The summed E-state index contributed by atoms with van der Waals surface area (Å²) in [6, 6.07) is 3.17. The number of aryl methyl sites for hydroxylation is 1. The molecule has 168 valence electrons. The van der Waals surface area contributed by atoms with Gasteiger partial charge >= 0.3 is 11.6 Å². The molecule has 2 atom stereocenters. The minimum Gasteiger partial charge on any atom is -0.480 e. The monoisotopic (exact) mass is 432 g/mol. The molecule has 2 aromatic rings. The van der Waals surface area contributed by atoms with Crippen LogP contribution in [0.3, 0.4) is 0 Å². The first kappa shape index (κ1) is 23.9. The first-order chi connectivity index (χ1) is 14.6. The van der Waals surface area contributed by atoms with Gasteiger partial charge in [-0.15, -0.1) is 0 Å². The van der Waals surface area contributed by atoms with Gasteiger partial charge in [0.2, 0.25) is 11.8 Å². The molecule has 0 aliphatic heterocycles. The van der Waals surface area contributed by atoms with E-state index in [2.05, 4.69) is 10.6 Å². The van der Waals surface area contributed by atoms with Crippen LogP contribution in [0.1, 0.15) is 37.3 Å². The Morgan fingerprint density at radius 3 is 2.58 bits per heavy atom. The van der Waals surface area contributed by atoms with Gasteiger partial charge < -0.3 is 31.6 Å². The fraction of sp³-hybridized carbons (Fsp3) is 0.429. The lowest BCUT2D eigenvalue weighted by molar-refractivity contribution is -0.142. The standard InChI is InChI=1S/C21H28N4O6/c1-11-14-7-6-13(23)9-17(14)31-21(30)15(11)10-18(26)24-8-4-3-5-16(20(28)29)25-19(27)12(2)22/h6-7,9,12,16H,3-5,8,10,22-23H2,1-2H3,(H,24,26)(H,25,27)(H,28,29). The maximum absolute atomic E-state index is 12.3. The van der Waals surface area contributed by atoms with E-state index in [1.54, 1.807) is 25.1 Å². The van der Waals surface area contributed by atoms with E-state index in [4.69, 9.17) is 15.9 Å². The van der Waals surface area contributed by atoms with Crippen LogP contribution in [0.4, 0.5) is 5.69 Å². The molecule has 2 unspecified atom stereocenters. The second-order valence-electron chi connectivity index (χ2n) is 7.46. The summed E-state index contributed by atoms with van der Waals surface area (Å²) in [4.78, 5) is 47.3. The molecule has 1 aromatic carbocycles. The summed E-state index contributed by atoms with van der Waals surface area (Å²) in [6.45, 7) is 3.53. The van der Waals surface area contributed by atoms with Gasteiger partial charge in [0.15, 0.2) is 0 Å². The van der Waals surface area contributed by atoms with Gasteiger partial charge in [0.05, 0.1) is 18.0 Å². The Balaban J connectivity index is 1.86. The van der Waals surface area contributed by atoms with Crippen LogP contribution in [0.25, 0.3) is 11.0 Å². The smallest absolute Gasteiger partial charge is 0.340 e. The molecule has 10 heteroatoms. The Kier molecular flexibility index (Phi) is 8.14. The molecule has 0 saturated carbocycles. The lowest BCUT2D eigenvalue weighted by Crippen LogP contribution is -2.47. The number of amides is 2. The SMILES string of the molecule is Cc1c(CC(=O)NCCCCC(NC(=O)C(C)N)C(=O)O)c(=O)oc2cc(N)ccc12. The Labute approximate surface area is 179 Å². The van der Waals surface area contributed by atoms with Gasteiger partial charge in [-0.05, 0) is 50.8 Å². The number of carbonyl (C=O) groups excluding carboxylic acids is 2. The highest BCUT2D eigenvalue weighted by atomic mass is 16.4. The Hall–Kier alpha value is -3.40. The van der Waals surface area contributed by atoms with E-state index in [1.165, 1.54) is 6.92 Å². The van der Waals surface area contributed by atoms with Crippen LogP contribution < -0.4 is 27.7 Å². The fourth-order valence-electron chi connectivity index (χ4n) is 3.10. The van der Waals surface area contributed by atoms with E-state index in [1.807, 2.05) is 0 Å². The van der Waals surface area contributed by atoms with Crippen molar-refractivity contribution in [2.45, 2.75) is 51.6 Å². The molecule has 0 saturated heterocycles. The van der Waals surface area contributed by atoms with Gasteiger partial charge in [-0.2, -0.15) is 0 Å². The molecule has 0 aliphatic rings. The number of anilines is 1. The molecule has 7 N–H and O–H groups in total.